The molecule has 9 heteroatoms. The topological polar surface area (TPSA) is 74.3 Å². The third kappa shape index (κ3) is 3.70. The Labute approximate surface area is 193 Å². The van der Waals surface area contributed by atoms with Crippen molar-refractivity contribution in [2.24, 2.45) is 4.99 Å². The van der Waals surface area contributed by atoms with Crippen LogP contribution in [0.5, 0.6) is 5.75 Å². The summed E-state index contributed by atoms with van der Waals surface area (Å²) < 4.78 is 9.45. The van der Waals surface area contributed by atoms with E-state index in [9.17, 15) is 9.59 Å². The number of aryl methyl sites for hydroxylation is 1. The number of fused-ring (bicyclic) bond motifs is 3. The molecule has 1 unspecified atom stereocenters. The second-order valence-electron chi connectivity index (χ2n) is 8.85. The van der Waals surface area contributed by atoms with Gasteiger partial charge in [-0.15, -0.1) is 0 Å². The summed E-state index contributed by atoms with van der Waals surface area (Å²) >= 11 is 0. The van der Waals surface area contributed by atoms with E-state index in [-0.39, 0.29) is 11.9 Å². The van der Waals surface area contributed by atoms with E-state index in [1.807, 2.05) is 53.4 Å². The van der Waals surface area contributed by atoms with E-state index in [2.05, 4.69) is 4.90 Å². The Morgan fingerprint density at radius 3 is 2.52 bits per heavy atom. The summed E-state index contributed by atoms with van der Waals surface area (Å²) in [6.45, 7) is 7.74. The van der Waals surface area contributed by atoms with Gasteiger partial charge in [0.1, 0.15) is 23.3 Å². The largest absolute Gasteiger partial charge is 0.494 e. The van der Waals surface area contributed by atoms with Crippen molar-refractivity contribution in [3.8, 4) is 11.4 Å². The molecular formula is C24H31N6O3+. The highest BCUT2D eigenvalue weighted by molar-refractivity contribution is 6.19. The number of carbonyl (C=O) groups is 2. The Hall–Kier alpha value is -3.20. The number of likely N-dealkylation sites (tertiary alicyclic amines) is 1. The van der Waals surface area contributed by atoms with Crippen molar-refractivity contribution in [3.63, 3.8) is 0 Å². The molecule has 3 amide bonds. The second-order valence-corrected chi connectivity index (χ2v) is 8.85. The molecule has 33 heavy (non-hydrogen) atoms. The lowest BCUT2D eigenvalue weighted by Gasteiger charge is -2.35. The number of aliphatic imine (C=N–C) groups is 1. The van der Waals surface area contributed by atoms with Crippen LogP contribution in [-0.4, -0.2) is 76.9 Å². The Balaban J connectivity index is 1.43. The predicted octanol–water partition coefficient (Wildman–Crippen LogP) is 2.44. The van der Waals surface area contributed by atoms with Gasteiger partial charge in [0.05, 0.1) is 6.61 Å². The number of hydrogen-bond acceptors (Lipinski definition) is 5. The third-order valence-corrected chi connectivity index (χ3v) is 6.70. The van der Waals surface area contributed by atoms with Crippen molar-refractivity contribution >= 4 is 23.7 Å². The number of amides is 3. The van der Waals surface area contributed by atoms with Gasteiger partial charge in [0.15, 0.2) is 0 Å². The molecule has 4 heterocycles. The van der Waals surface area contributed by atoms with Gasteiger partial charge in [-0.25, -0.2) is 9.36 Å². The highest BCUT2D eigenvalue weighted by Gasteiger charge is 2.53. The van der Waals surface area contributed by atoms with Crippen LogP contribution in [0, 0.1) is 6.92 Å². The number of aromatic nitrogens is 2. The quantitative estimate of drug-likeness (QED) is 0.633. The number of imide groups is 1. The number of carbonyl (C=O) groups excluding carboxylic acids is 2. The van der Waals surface area contributed by atoms with Crippen LogP contribution in [0.2, 0.25) is 0 Å². The first-order chi connectivity index (χ1) is 16.0. The summed E-state index contributed by atoms with van der Waals surface area (Å²) in [7, 11) is 1.70. The van der Waals surface area contributed by atoms with Crippen LogP contribution in [0.15, 0.2) is 35.5 Å². The van der Waals surface area contributed by atoms with Gasteiger partial charge < -0.3 is 9.64 Å². The molecule has 3 aliphatic rings. The number of rotatable bonds is 6. The molecule has 0 saturated carbocycles. The summed E-state index contributed by atoms with van der Waals surface area (Å²) in [5, 5.41) is 0. The number of nitrogens with zero attached hydrogens (tertiary/aromatic N) is 6. The molecule has 0 N–H and O–H groups in total. The predicted molar refractivity (Wildman–Crippen MR) is 123 cm³/mol. The van der Waals surface area contributed by atoms with E-state index >= 15 is 0 Å². The van der Waals surface area contributed by atoms with Gasteiger partial charge in [-0.05, 0) is 64.0 Å². The molecule has 2 aromatic rings. The van der Waals surface area contributed by atoms with Crippen LogP contribution in [-0.2, 0) is 4.79 Å². The van der Waals surface area contributed by atoms with E-state index < -0.39 is 6.04 Å². The molecule has 3 aliphatic heterocycles. The van der Waals surface area contributed by atoms with Crippen LogP contribution >= 0.6 is 0 Å². The molecule has 0 bridgehead atoms. The smallest absolute Gasteiger partial charge is 0.406 e. The first-order valence-corrected chi connectivity index (χ1v) is 11.8. The van der Waals surface area contributed by atoms with Gasteiger partial charge in [-0.3, -0.25) is 14.6 Å². The van der Waals surface area contributed by atoms with Crippen molar-refractivity contribution in [2.45, 2.75) is 39.2 Å². The zero-order valence-corrected chi connectivity index (χ0v) is 19.5. The highest BCUT2D eigenvalue weighted by atomic mass is 16.5. The number of urea groups is 1. The first kappa shape index (κ1) is 21.6. The summed E-state index contributed by atoms with van der Waals surface area (Å²) in [6, 6.07) is 6.88. The van der Waals surface area contributed by atoms with Crippen LogP contribution in [0.3, 0.4) is 0 Å². The Morgan fingerprint density at radius 1 is 1.09 bits per heavy atom. The van der Waals surface area contributed by atoms with E-state index in [0.717, 1.165) is 30.2 Å². The Kier molecular flexibility index (Phi) is 5.65. The molecule has 1 aromatic carbocycles. The van der Waals surface area contributed by atoms with Gasteiger partial charge in [0.25, 0.3) is 5.91 Å². The van der Waals surface area contributed by atoms with E-state index in [1.165, 1.54) is 29.1 Å². The van der Waals surface area contributed by atoms with Gasteiger partial charge in [0, 0.05) is 20.1 Å². The number of benzene rings is 1. The molecule has 0 radical (unpaired) electrons. The molecular weight excluding hydrogens is 420 g/mol. The Morgan fingerprint density at radius 2 is 1.82 bits per heavy atom. The van der Waals surface area contributed by atoms with Crippen molar-refractivity contribution in [1.82, 2.24) is 19.3 Å². The number of ether oxygens (including phenoxy) is 1. The molecule has 174 valence electrons. The van der Waals surface area contributed by atoms with Crippen molar-refractivity contribution in [2.75, 3.05) is 39.8 Å². The lowest BCUT2D eigenvalue weighted by Crippen LogP contribution is -2.63. The van der Waals surface area contributed by atoms with Gasteiger partial charge in [0.2, 0.25) is 11.9 Å². The molecule has 2 saturated heterocycles. The van der Waals surface area contributed by atoms with Crippen molar-refractivity contribution in [3.05, 3.63) is 36.2 Å². The van der Waals surface area contributed by atoms with Crippen molar-refractivity contribution in [1.29, 1.82) is 0 Å². The van der Waals surface area contributed by atoms with E-state index in [0.29, 0.717) is 31.5 Å². The number of piperidine rings is 1. The lowest BCUT2D eigenvalue weighted by molar-refractivity contribution is -0.676. The Bertz CT molecular complexity index is 1100. The molecule has 2 fully saturated rings. The maximum Gasteiger partial charge on any atom is 0.406 e. The minimum absolute atomic E-state index is 0.207. The number of amidine groups is 1. The first-order valence-electron chi connectivity index (χ1n) is 11.8. The lowest BCUT2D eigenvalue weighted by atomic mass is 10.1. The monoisotopic (exact) mass is 451 g/mol. The molecule has 9 nitrogen and oxygen atoms in total. The summed E-state index contributed by atoms with van der Waals surface area (Å²) in [5.41, 5.74) is 1.89. The van der Waals surface area contributed by atoms with E-state index in [1.54, 1.807) is 7.05 Å². The maximum atomic E-state index is 13.5. The van der Waals surface area contributed by atoms with Gasteiger partial charge in [-0.1, -0.05) is 11.4 Å². The number of hydrogen-bond donors (Lipinski definition) is 0. The second kappa shape index (κ2) is 8.62. The van der Waals surface area contributed by atoms with Gasteiger partial charge in [-0.2, -0.15) is 4.57 Å². The molecule has 1 aromatic heterocycles. The van der Waals surface area contributed by atoms with Crippen LogP contribution in [0.25, 0.3) is 5.69 Å². The fourth-order valence-electron chi connectivity index (χ4n) is 4.99. The molecule has 0 spiro atoms. The van der Waals surface area contributed by atoms with Crippen molar-refractivity contribution < 1.29 is 18.9 Å². The fourth-order valence-corrected chi connectivity index (χ4v) is 4.99. The average Bonchev–Trinajstić information content (AvgIpc) is 3.34. The molecule has 0 aliphatic carbocycles. The van der Waals surface area contributed by atoms with Crippen LogP contribution in [0.4, 0.5) is 10.7 Å². The minimum Gasteiger partial charge on any atom is -0.494 e. The summed E-state index contributed by atoms with van der Waals surface area (Å²) in [4.78, 5) is 36.6. The maximum absolute atomic E-state index is 13.5. The highest BCUT2D eigenvalue weighted by Crippen LogP contribution is 2.31. The van der Waals surface area contributed by atoms with E-state index in [4.69, 9.17) is 9.73 Å². The van der Waals surface area contributed by atoms with Crippen LogP contribution < -0.4 is 9.30 Å². The normalized spacial score (nSPS) is 20.7. The summed E-state index contributed by atoms with van der Waals surface area (Å²) in [6.07, 6.45) is 5.56. The number of likely N-dealkylation sites (N-methyl/N-ethyl adjacent to an activating group) is 1. The third-order valence-electron chi connectivity index (χ3n) is 6.70. The average molecular weight is 452 g/mol. The molecule has 1 atom stereocenters. The van der Waals surface area contributed by atoms with Gasteiger partial charge >= 0.3 is 12.0 Å². The van der Waals surface area contributed by atoms with Crippen LogP contribution in [0.1, 0.15) is 37.9 Å². The SMILES string of the molecule is CCOc1ccc(-n2c(C)c[n+]3c2N=C2C3C(=O)N(CCN3CCCCC3)C(=O)N2C)cc1. The zero-order chi connectivity index (χ0) is 23.1. The molecule has 5 rings (SSSR count). The number of imidazole rings is 1. The summed E-state index contributed by atoms with van der Waals surface area (Å²) in [5.74, 6) is 1.72. The standard InChI is InChI=1S/C24H31N6O3/c1-4-33-19-10-8-18(9-11-19)30-17(2)16-29-20-21(25-23(29)30)26(3)24(32)28(22(20)31)15-14-27-12-6-5-7-13-27/h8-11,16,20H,4-7,12-15H2,1-3H3/q+1. The minimum atomic E-state index is -0.619. The fraction of sp³-hybridized carbons (Fsp3) is 0.500. The zero-order valence-electron chi connectivity index (χ0n) is 19.5.